The van der Waals surface area contributed by atoms with Crippen molar-refractivity contribution in [1.29, 1.82) is 0 Å². The molecule has 16 heavy (non-hydrogen) atoms. The number of hydrogen-bond donors (Lipinski definition) is 1. The second-order valence-electron chi connectivity index (χ2n) is 4.50. The number of fused-ring (bicyclic) bond motifs is 1. The van der Waals surface area contributed by atoms with E-state index in [2.05, 4.69) is 34.6 Å². The van der Waals surface area contributed by atoms with E-state index in [9.17, 15) is 0 Å². The second-order valence-corrected chi connectivity index (χ2v) is 4.50. The zero-order valence-electron chi connectivity index (χ0n) is 9.32. The van der Waals surface area contributed by atoms with Gasteiger partial charge in [-0.1, -0.05) is 30.7 Å². The van der Waals surface area contributed by atoms with E-state index in [1.807, 2.05) is 12.3 Å². The van der Waals surface area contributed by atoms with Gasteiger partial charge in [0.15, 0.2) is 0 Å². The van der Waals surface area contributed by atoms with Crippen LogP contribution in [0.3, 0.4) is 0 Å². The molecule has 2 aromatic rings. The molecule has 0 amide bonds. The first kappa shape index (κ1) is 9.79. The van der Waals surface area contributed by atoms with Gasteiger partial charge in [0.1, 0.15) is 0 Å². The molecule has 2 nitrogen and oxygen atoms in total. The molecular weight excluding hydrogens is 196 g/mol. The molecule has 1 aliphatic carbocycles. The highest BCUT2D eigenvalue weighted by Gasteiger charge is 2.16. The van der Waals surface area contributed by atoms with E-state index in [0.29, 0.717) is 0 Å². The maximum absolute atomic E-state index is 4.46. The van der Waals surface area contributed by atoms with Crippen LogP contribution >= 0.6 is 0 Å². The van der Waals surface area contributed by atoms with Crippen molar-refractivity contribution < 1.29 is 0 Å². The average molecular weight is 212 g/mol. The number of nitrogens with one attached hydrogen (secondary N) is 1. The minimum atomic E-state index is 0.735. The Morgan fingerprint density at radius 1 is 1.19 bits per heavy atom. The van der Waals surface area contributed by atoms with Crippen LogP contribution < -0.4 is 5.32 Å². The number of hydrogen-bond acceptors (Lipinski definition) is 2. The van der Waals surface area contributed by atoms with Gasteiger partial charge in [0.05, 0.1) is 5.52 Å². The third-order valence-corrected chi connectivity index (χ3v) is 3.40. The predicted octanol–water partition coefficient (Wildman–Crippen LogP) is 2.88. The van der Waals surface area contributed by atoms with Gasteiger partial charge < -0.3 is 5.32 Å². The standard InChI is InChI=1S/C14H16N2/c1-4-11-6-3-9-15-14(11)12(5-1)10-16-13-7-2-8-13/h1,3-6,9,13,16H,2,7-8,10H2. The lowest BCUT2D eigenvalue weighted by atomic mass is 9.93. The normalized spacial score (nSPS) is 16.2. The summed E-state index contributed by atoms with van der Waals surface area (Å²) >= 11 is 0. The Balaban J connectivity index is 1.84. The fourth-order valence-corrected chi connectivity index (χ4v) is 2.18. The quantitative estimate of drug-likeness (QED) is 0.846. The summed E-state index contributed by atoms with van der Waals surface area (Å²) in [5, 5.41) is 4.82. The average Bonchev–Trinajstić information content (AvgIpc) is 2.27. The highest BCUT2D eigenvalue weighted by atomic mass is 14.9. The Bertz CT molecular complexity index is 484. The van der Waals surface area contributed by atoms with Crippen LogP contribution in [-0.4, -0.2) is 11.0 Å². The lowest BCUT2D eigenvalue weighted by Crippen LogP contribution is -2.34. The fourth-order valence-electron chi connectivity index (χ4n) is 2.18. The fraction of sp³-hybridized carbons (Fsp3) is 0.357. The molecule has 0 unspecified atom stereocenters. The summed E-state index contributed by atoms with van der Waals surface area (Å²) in [7, 11) is 0. The number of benzene rings is 1. The van der Waals surface area contributed by atoms with Crippen molar-refractivity contribution in [1.82, 2.24) is 10.3 Å². The Hall–Kier alpha value is -1.41. The zero-order valence-corrected chi connectivity index (χ0v) is 9.32. The molecule has 1 heterocycles. The highest BCUT2D eigenvalue weighted by molar-refractivity contribution is 5.81. The van der Waals surface area contributed by atoms with E-state index in [1.165, 1.54) is 30.2 Å². The van der Waals surface area contributed by atoms with Crippen LogP contribution in [0.5, 0.6) is 0 Å². The molecule has 0 aliphatic heterocycles. The van der Waals surface area contributed by atoms with Gasteiger partial charge in [-0.05, 0) is 24.5 Å². The molecule has 0 atom stereocenters. The molecule has 0 bridgehead atoms. The number of para-hydroxylation sites is 1. The highest BCUT2D eigenvalue weighted by Crippen LogP contribution is 2.20. The number of rotatable bonds is 3. The minimum absolute atomic E-state index is 0.735. The van der Waals surface area contributed by atoms with Gasteiger partial charge in [-0.2, -0.15) is 0 Å². The van der Waals surface area contributed by atoms with Gasteiger partial charge in [0.25, 0.3) is 0 Å². The summed E-state index contributed by atoms with van der Waals surface area (Å²) in [6.45, 7) is 0.943. The van der Waals surface area contributed by atoms with E-state index in [-0.39, 0.29) is 0 Å². The van der Waals surface area contributed by atoms with Crippen LogP contribution in [0.1, 0.15) is 24.8 Å². The van der Waals surface area contributed by atoms with Crippen molar-refractivity contribution in [2.45, 2.75) is 31.8 Å². The van der Waals surface area contributed by atoms with E-state index in [4.69, 9.17) is 0 Å². The van der Waals surface area contributed by atoms with E-state index in [1.54, 1.807) is 0 Å². The summed E-state index contributed by atoms with van der Waals surface area (Å²) in [4.78, 5) is 4.46. The lowest BCUT2D eigenvalue weighted by Gasteiger charge is -2.26. The van der Waals surface area contributed by atoms with Crippen molar-refractivity contribution in [2.24, 2.45) is 0 Å². The van der Waals surface area contributed by atoms with Crippen molar-refractivity contribution in [2.75, 3.05) is 0 Å². The van der Waals surface area contributed by atoms with Crippen molar-refractivity contribution in [3.8, 4) is 0 Å². The molecule has 1 aromatic carbocycles. The molecule has 1 fully saturated rings. The van der Waals surface area contributed by atoms with Gasteiger partial charge >= 0.3 is 0 Å². The third kappa shape index (κ3) is 1.81. The summed E-state index contributed by atoms with van der Waals surface area (Å²) in [5.74, 6) is 0. The topological polar surface area (TPSA) is 24.9 Å². The molecule has 1 N–H and O–H groups in total. The monoisotopic (exact) mass is 212 g/mol. The maximum Gasteiger partial charge on any atom is 0.0746 e. The Morgan fingerprint density at radius 2 is 2.06 bits per heavy atom. The van der Waals surface area contributed by atoms with Gasteiger partial charge in [-0.15, -0.1) is 0 Å². The first-order valence-electron chi connectivity index (χ1n) is 5.99. The van der Waals surface area contributed by atoms with E-state index in [0.717, 1.165) is 18.1 Å². The first-order chi connectivity index (χ1) is 7.93. The molecular formula is C14H16N2. The third-order valence-electron chi connectivity index (χ3n) is 3.40. The second kappa shape index (κ2) is 4.22. The van der Waals surface area contributed by atoms with Crippen LogP contribution in [0.4, 0.5) is 0 Å². The Morgan fingerprint density at radius 3 is 2.88 bits per heavy atom. The van der Waals surface area contributed by atoms with E-state index < -0.39 is 0 Å². The Kier molecular flexibility index (Phi) is 2.58. The summed E-state index contributed by atoms with van der Waals surface area (Å²) in [6.07, 6.45) is 5.91. The number of pyridine rings is 1. The molecule has 1 aliphatic rings. The SMILES string of the molecule is c1cnc2c(CNC3CCC3)cccc2c1. The molecule has 2 heteroatoms. The molecule has 3 rings (SSSR count). The van der Waals surface area contributed by atoms with Crippen LogP contribution in [0, 0.1) is 0 Å². The molecule has 0 radical (unpaired) electrons. The smallest absolute Gasteiger partial charge is 0.0746 e. The van der Waals surface area contributed by atoms with Crippen LogP contribution in [0.25, 0.3) is 10.9 Å². The Labute approximate surface area is 95.7 Å². The largest absolute Gasteiger partial charge is 0.310 e. The molecule has 1 saturated carbocycles. The van der Waals surface area contributed by atoms with Crippen LogP contribution in [0.15, 0.2) is 36.5 Å². The van der Waals surface area contributed by atoms with Gasteiger partial charge in [-0.3, -0.25) is 4.98 Å². The van der Waals surface area contributed by atoms with Crippen molar-refractivity contribution in [3.63, 3.8) is 0 Å². The van der Waals surface area contributed by atoms with Gasteiger partial charge in [0, 0.05) is 24.2 Å². The molecule has 0 spiro atoms. The minimum Gasteiger partial charge on any atom is -0.310 e. The van der Waals surface area contributed by atoms with Crippen LogP contribution in [-0.2, 0) is 6.54 Å². The summed E-state index contributed by atoms with van der Waals surface area (Å²) in [5.41, 5.74) is 2.45. The van der Waals surface area contributed by atoms with Gasteiger partial charge in [-0.25, -0.2) is 0 Å². The van der Waals surface area contributed by atoms with Crippen LogP contribution in [0.2, 0.25) is 0 Å². The maximum atomic E-state index is 4.46. The molecule has 0 saturated heterocycles. The molecule has 1 aromatic heterocycles. The van der Waals surface area contributed by atoms with E-state index >= 15 is 0 Å². The zero-order chi connectivity index (χ0) is 10.8. The molecule has 82 valence electrons. The summed E-state index contributed by atoms with van der Waals surface area (Å²) in [6, 6.07) is 11.2. The van der Waals surface area contributed by atoms with Crippen molar-refractivity contribution >= 4 is 10.9 Å². The number of aromatic nitrogens is 1. The predicted molar refractivity (Wildman–Crippen MR) is 66.2 cm³/mol. The first-order valence-corrected chi connectivity index (χ1v) is 5.99. The van der Waals surface area contributed by atoms with Crippen molar-refractivity contribution in [3.05, 3.63) is 42.1 Å². The number of nitrogens with zero attached hydrogens (tertiary/aromatic N) is 1. The lowest BCUT2D eigenvalue weighted by molar-refractivity contribution is 0.338. The summed E-state index contributed by atoms with van der Waals surface area (Å²) < 4.78 is 0. The van der Waals surface area contributed by atoms with Gasteiger partial charge in [0.2, 0.25) is 0 Å².